The Labute approximate surface area is 185 Å². The van der Waals surface area contributed by atoms with Crippen LogP contribution in [0.25, 0.3) is 17.4 Å². The Bertz CT molecular complexity index is 1380. The standard InChI is InChI=1S/C22H13ClF2N4OS/c1-12-26-27-22-29(12)28-21(16-8-6-13(24)10-18(16)25)20(31-22)11-14-7-9-19(30-14)15-4-2-3-5-17(15)23/h2-11H,1H3. The van der Waals surface area contributed by atoms with Crippen LogP contribution < -0.4 is 0 Å². The maximum atomic E-state index is 14.6. The fraction of sp³-hybridized carbons (Fsp3) is 0.0455. The van der Waals surface area contributed by atoms with E-state index in [4.69, 9.17) is 16.0 Å². The number of hydrogen-bond donors (Lipinski definition) is 0. The molecule has 2 aromatic heterocycles. The van der Waals surface area contributed by atoms with Gasteiger partial charge >= 0.3 is 0 Å². The van der Waals surface area contributed by atoms with Gasteiger partial charge in [0.25, 0.3) is 0 Å². The van der Waals surface area contributed by atoms with E-state index in [0.717, 1.165) is 11.6 Å². The lowest BCUT2D eigenvalue weighted by Gasteiger charge is -2.16. The fourth-order valence-electron chi connectivity index (χ4n) is 3.14. The zero-order valence-corrected chi connectivity index (χ0v) is 17.6. The zero-order chi connectivity index (χ0) is 21.5. The van der Waals surface area contributed by atoms with Crippen molar-refractivity contribution in [1.29, 1.82) is 0 Å². The summed E-state index contributed by atoms with van der Waals surface area (Å²) < 4.78 is 35.5. The lowest BCUT2D eigenvalue weighted by Crippen LogP contribution is -2.14. The number of aryl methyl sites for hydroxylation is 1. The van der Waals surface area contributed by atoms with Gasteiger partial charge in [0.2, 0.25) is 5.16 Å². The minimum Gasteiger partial charge on any atom is -0.457 e. The normalized spacial score (nSPS) is 14.6. The highest BCUT2D eigenvalue weighted by atomic mass is 35.5. The molecule has 4 aromatic rings. The molecule has 154 valence electrons. The first-order chi connectivity index (χ1) is 15.0. The molecule has 0 bridgehead atoms. The predicted molar refractivity (Wildman–Crippen MR) is 116 cm³/mol. The number of aromatic nitrogens is 3. The number of benzene rings is 2. The van der Waals surface area contributed by atoms with E-state index in [0.29, 0.717) is 38.1 Å². The van der Waals surface area contributed by atoms with Crippen molar-refractivity contribution in [2.24, 2.45) is 5.10 Å². The second-order valence-corrected chi connectivity index (χ2v) is 8.12. The first-order valence-electron chi connectivity index (χ1n) is 9.20. The summed E-state index contributed by atoms with van der Waals surface area (Å²) in [5.74, 6) is 0.310. The van der Waals surface area contributed by atoms with Crippen molar-refractivity contribution in [3.63, 3.8) is 0 Å². The predicted octanol–water partition coefficient (Wildman–Crippen LogP) is 6.18. The minimum absolute atomic E-state index is 0.164. The number of rotatable bonds is 3. The molecular formula is C22H13ClF2N4OS. The number of allylic oxidation sites excluding steroid dienone is 1. The Kier molecular flexibility index (Phi) is 4.95. The van der Waals surface area contributed by atoms with Crippen molar-refractivity contribution in [2.45, 2.75) is 12.1 Å². The van der Waals surface area contributed by atoms with Crippen LogP contribution in [0.15, 0.2) is 74.2 Å². The Morgan fingerprint density at radius 1 is 1.03 bits per heavy atom. The van der Waals surface area contributed by atoms with Gasteiger partial charge in [0.15, 0.2) is 5.82 Å². The maximum Gasteiger partial charge on any atom is 0.216 e. The zero-order valence-electron chi connectivity index (χ0n) is 16.0. The van der Waals surface area contributed by atoms with E-state index in [1.807, 2.05) is 24.3 Å². The molecule has 0 fully saturated rings. The van der Waals surface area contributed by atoms with Gasteiger partial charge < -0.3 is 4.42 Å². The average Bonchev–Trinajstić information content (AvgIpc) is 3.35. The number of fused-ring (bicyclic) bond motifs is 1. The van der Waals surface area contributed by atoms with Gasteiger partial charge in [-0.25, -0.2) is 8.78 Å². The molecule has 5 rings (SSSR count). The highest BCUT2D eigenvalue weighted by Gasteiger charge is 2.25. The summed E-state index contributed by atoms with van der Waals surface area (Å²) in [5, 5.41) is 13.8. The van der Waals surface area contributed by atoms with Gasteiger partial charge in [-0.1, -0.05) is 23.7 Å². The van der Waals surface area contributed by atoms with Crippen LogP contribution in [0.2, 0.25) is 5.02 Å². The largest absolute Gasteiger partial charge is 0.457 e. The van der Waals surface area contributed by atoms with Crippen molar-refractivity contribution < 1.29 is 13.2 Å². The van der Waals surface area contributed by atoms with Gasteiger partial charge in [-0.05, 0) is 61.2 Å². The Morgan fingerprint density at radius 2 is 1.87 bits per heavy atom. The lowest BCUT2D eigenvalue weighted by molar-refractivity contribution is 0.571. The topological polar surface area (TPSA) is 56.2 Å². The Balaban J connectivity index is 1.60. The molecule has 0 saturated heterocycles. The van der Waals surface area contributed by atoms with Crippen LogP contribution in [0.5, 0.6) is 0 Å². The SMILES string of the molecule is Cc1nnc2n1N=C(c1ccc(F)cc1F)C(=Cc1ccc(-c3ccccc3Cl)o1)S2. The molecule has 5 nitrogen and oxygen atoms in total. The molecule has 0 radical (unpaired) electrons. The van der Waals surface area contributed by atoms with Crippen molar-refractivity contribution in [1.82, 2.24) is 14.9 Å². The number of nitrogens with zero attached hydrogens (tertiary/aromatic N) is 4. The molecule has 9 heteroatoms. The third-order valence-electron chi connectivity index (χ3n) is 4.63. The van der Waals surface area contributed by atoms with Gasteiger partial charge in [0, 0.05) is 22.1 Å². The van der Waals surface area contributed by atoms with Gasteiger partial charge in [0.1, 0.15) is 28.9 Å². The van der Waals surface area contributed by atoms with Crippen LogP contribution in [-0.4, -0.2) is 20.6 Å². The molecule has 1 aliphatic heterocycles. The summed E-state index contributed by atoms with van der Waals surface area (Å²) in [6.07, 6.45) is 1.74. The average molecular weight is 455 g/mol. The van der Waals surface area contributed by atoms with E-state index in [2.05, 4.69) is 15.3 Å². The van der Waals surface area contributed by atoms with Crippen molar-refractivity contribution in [3.05, 3.63) is 93.3 Å². The molecule has 0 amide bonds. The fourth-order valence-corrected chi connectivity index (χ4v) is 4.33. The molecule has 0 N–H and O–H groups in total. The quantitative estimate of drug-likeness (QED) is 0.371. The number of halogens is 3. The summed E-state index contributed by atoms with van der Waals surface area (Å²) in [4.78, 5) is 0.588. The maximum absolute atomic E-state index is 14.6. The van der Waals surface area contributed by atoms with E-state index < -0.39 is 11.6 Å². The van der Waals surface area contributed by atoms with Gasteiger partial charge in [-0.3, -0.25) is 0 Å². The highest BCUT2D eigenvalue weighted by Crippen LogP contribution is 2.36. The molecule has 0 saturated carbocycles. The van der Waals surface area contributed by atoms with Crippen LogP contribution in [0.1, 0.15) is 17.1 Å². The molecule has 31 heavy (non-hydrogen) atoms. The van der Waals surface area contributed by atoms with Crippen LogP contribution in [0.4, 0.5) is 8.78 Å². The third-order valence-corrected chi connectivity index (χ3v) is 5.93. The highest BCUT2D eigenvalue weighted by molar-refractivity contribution is 8.04. The lowest BCUT2D eigenvalue weighted by atomic mass is 10.1. The minimum atomic E-state index is -0.712. The first kappa shape index (κ1) is 19.7. The van der Waals surface area contributed by atoms with Crippen LogP contribution in [0, 0.1) is 18.6 Å². The molecule has 0 unspecified atom stereocenters. The second kappa shape index (κ2) is 7.79. The van der Waals surface area contributed by atoms with Crippen LogP contribution in [-0.2, 0) is 0 Å². The summed E-state index contributed by atoms with van der Waals surface area (Å²) in [5.41, 5.74) is 1.25. The van der Waals surface area contributed by atoms with Gasteiger partial charge in [-0.15, -0.1) is 10.2 Å². The molecule has 0 aliphatic carbocycles. The molecular weight excluding hydrogens is 442 g/mol. The molecule has 0 spiro atoms. The van der Waals surface area contributed by atoms with E-state index in [1.165, 1.54) is 28.6 Å². The number of thioether (sulfide) groups is 1. The van der Waals surface area contributed by atoms with Gasteiger partial charge in [-0.2, -0.15) is 9.78 Å². The summed E-state index contributed by atoms with van der Waals surface area (Å²) in [7, 11) is 0. The Hall–Kier alpha value is -3.23. The van der Waals surface area contributed by atoms with E-state index >= 15 is 0 Å². The van der Waals surface area contributed by atoms with Gasteiger partial charge in [0.05, 0.1) is 5.02 Å². The summed E-state index contributed by atoms with van der Waals surface area (Å²) >= 11 is 7.53. The van der Waals surface area contributed by atoms with E-state index in [1.54, 1.807) is 25.1 Å². The second-order valence-electron chi connectivity index (χ2n) is 6.71. The molecule has 3 heterocycles. The van der Waals surface area contributed by atoms with E-state index in [-0.39, 0.29) is 5.56 Å². The molecule has 2 aromatic carbocycles. The smallest absolute Gasteiger partial charge is 0.216 e. The van der Waals surface area contributed by atoms with Crippen LogP contribution in [0.3, 0.4) is 0 Å². The Morgan fingerprint density at radius 3 is 2.68 bits per heavy atom. The van der Waals surface area contributed by atoms with E-state index in [9.17, 15) is 8.78 Å². The van der Waals surface area contributed by atoms with Crippen LogP contribution >= 0.6 is 23.4 Å². The van der Waals surface area contributed by atoms with Crippen molar-refractivity contribution in [2.75, 3.05) is 0 Å². The molecule has 1 aliphatic rings. The number of hydrogen-bond acceptors (Lipinski definition) is 5. The monoisotopic (exact) mass is 454 g/mol. The summed E-state index contributed by atoms with van der Waals surface area (Å²) in [6, 6.07) is 14.3. The first-order valence-corrected chi connectivity index (χ1v) is 10.4. The molecule has 0 atom stereocenters. The summed E-state index contributed by atoms with van der Waals surface area (Å²) in [6.45, 7) is 1.75. The number of furan rings is 1. The van der Waals surface area contributed by atoms with Crippen molar-refractivity contribution in [3.8, 4) is 11.3 Å². The van der Waals surface area contributed by atoms with Crippen molar-refractivity contribution >= 4 is 35.2 Å². The third kappa shape index (κ3) is 3.68.